The molecule has 0 heterocycles. The summed E-state index contributed by atoms with van der Waals surface area (Å²) in [5.41, 5.74) is -0.226. The first kappa shape index (κ1) is 16.9. The average molecular weight is 320 g/mol. The van der Waals surface area contributed by atoms with Crippen molar-refractivity contribution in [2.75, 3.05) is 0 Å². The lowest BCUT2D eigenvalue weighted by atomic mass is 10.2. The molecule has 0 saturated heterocycles. The summed E-state index contributed by atoms with van der Waals surface area (Å²) < 4.78 is 26.8. The Labute approximate surface area is 124 Å². The number of sulfonamides is 1. The molecule has 0 aromatic heterocycles. The molecule has 0 saturated carbocycles. The van der Waals surface area contributed by atoms with Gasteiger partial charge in [-0.15, -0.1) is 0 Å². The van der Waals surface area contributed by atoms with E-state index in [1.54, 1.807) is 6.92 Å². The minimum absolute atomic E-state index is 0.00971. The first-order chi connectivity index (χ1) is 9.27. The van der Waals surface area contributed by atoms with Crippen LogP contribution in [0.2, 0.25) is 5.02 Å². The summed E-state index contributed by atoms with van der Waals surface area (Å²) in [6, 6.07) is 3.43. The zero-order chi connectivity index (χ0) is 15.3. The molecular formula is C13H18ClNO4S. The van der Waals surface area contributed by atoms with Gasteiger partial charge in [-0.3, -0.25) is 0 Å². The van der Waals surface area contributed by atoms with Crippen LogP contribution in [0.4, 0.5) is 0 Å². The molecule has 0 radical (unpaired) electrons. The molecule has 0 aliphatic rings. The van der Waals surface area contributed by atoms with Crippen LogP contribution in [0.3, 0.4) is 0 Å². The topological polar surface area (TPSA) is 83.5 Å². The summed E-state index contributed by atoms with van der Waals surface area (Å²) in [7, 11) is -3.73. The van der Waals surface area contributed by atoms with Crippen LogP contribution in [-0.4, -0.2) is 25.5 Å². The number of benzene rings is 1. The molecule has 1 aromatic rings. The Balaban J connectivity index is 2.98. The molecule has 20 heavy (non-hydrogen) atoms. The molecule has 1 aromatic carbocycles. The molecule has 5 nitrogen and oxygen atoms in total. The minimum atomic E-state index is -3.73. The maximum absolute atomic E-state index is 12.1. The van der Waals surface area contributed by atoms with Crippen LogP contribution in [0.5, 0.6) is 0 Å². The van der Waals surface area contributed by atoms with Crippen molar-refractivity contribution in [3.63, 3.8) is 0 Å². The third kappa shape index (κ3) is 4.47. The van der Waals surface area contributed by atoms with Crippen LogP contribution < -0.4 is 4.72 Å². The fourth-order valence-electron chi connectivity index (χ4n) is 1.74. The van der Waals surface area contributed by atoms with E-state index in [4.69, 9.17) is 16.7 Å². The van der Waals surface area contributed by atoms with Gasteiger partial charge >= 0.3 is 5.97 Å². The quantitative estimate of drug-likeness (QED) is 0.809. The van der Waals surface area contributed by atoms with Gasteiger partial charge < -0.3 is 5.11 Å². The average Bonchev–Trinajstić information content (AvgIpc) is 2.35. The number of rotatable bonds is 7. The van der Waals surface area contributed by atoms with E-state index in [0.717, 1.165) is 25.3 Å². The smallest absolute Gasteiger partial charge is 0.337 e. The molecule has 0 bridgehead atoms. The molecule has 0 aliphatic carbocycles. The molecule has 0 spiro atoms. The van der Waals surface area contributed by atoms with Gasteiger partial charge in [0.1, 0.15) is 0 Å². The number of halogens is 1. The molecule has 1 atom stereocenters. The Morgan fingerprint density at radius 1 is 1.45 bits per heavy atom. The van der Waals surface area contributed by atoms with Gasteiger partial charge in [0, 0.05) is 6.04 Å². The molecule has 1 unspecified atom stereocenters. The molecule has 0 aliphatic heterocycles. The van der Waals surface area contributed by atoms with Crippen LogP contribution in [-0.2, 0) is 10.0 Å². The number of carbonyl (C=O) groups is 1. The number of hydrogen-bond donors (Lipinski definition) is 2. The normalized spacial score (nSPS) is 13.2. The second kappa shape index (κ2) is 7.06. The minimum Gasteiger partial charge on any atom is -0.478 e. The third-order valence-corrected chi connectivity index (χ3v) is 4.74. The number of unbranched alkanes of at least 4 members (excludes halogenated alkanes) is 1. The summed E-state index contributed by atoms with van der Waals surface area (Å²) in [4.78, 5) is 10.9. The van der Waals surface area contributed by atoms with Crippen molar-refractivity contribution in [3.05, 3.63) is 28.8 Å². The van der Waals surface area contributed by atoms with Gasteiger partial charge in [0.2, 0.25) is 10.0 Å². The van der Waals surface area contributed by atoms with Gasteiger partial charge in [0.15, 0.2) is 0 Å². The van der Waals surface area contributed by atoms with E-state index in [2.05, 4.69) is 4.72 Å². The number of hydrogen-bond acceptors (Lipinski definition) is 3. The number of carboxylic acid groups (broad SMARTS) is 1. The van der Waals surface area contributed by atoms with Gasteiger partial charge in [-0.25, -0.2) is 17.9 Å². The van der Waals surface area contributed by atoms with Crippen molar-refractivity contribution in [2.24, 2.45) is 0 Å². The van der Waals surface area contributed by atoms with Crippen LogP contribution in [0, 0.1) is 0 Å². The van der Waals surface area contributed by atoms with Gasteiger partial charge in [-0.05, 0) is 31.5 Å². The van der Waals surface area contributed by atoms with Crippen LogP contribution in [0.15, 0.2) is 23.1 Å². The maximum Gasteiger partial charge on any atom is 0.337 e. The van der Waals surface area contributed by atoms with Crippen LogP contribution >= 0.6 is 11.6 Å². The highest BCUT2D eigenvalue weighted by Crippen LogP contribution is 2.21. The molecule has 1 rings (SSSR count). The summed E-state index contributed by atoms with van der Waals surface area (Å²) in [5.74, 6) is -1.26. The van der Waals surface area contributed by atoms with E-state index in [1.807, 2.05) is 6.92 Å². The van der Waals surface area contributed by atoms with E-state index in [0.29, 0.717) is 0 Å². The van der Waals surface area contributed by atoms with Crippen molar-refractivity contribution in [1.82, 2.24) is 4.72 Å². The van der Waals surface area contributed by atoms with Crippen molar-refractivity contribution < 1.29 is 18.3 Å². The molecule has 2 N–H and O–H groups in total. The van der Waals surface area contributed by atoms with Crippen molar-refractivity contribution in [2.45, 2.75) is 44.0 Å². The van der Waals surface area contributed by atoms with E-state index in [-0.39, 0.29) is 21.5 Å². The number of carboxylic acids is 1. The van der Waals surface area contributed by atoms with E-state index in [9.17, 15) is 13.2 Å². The zero-order valence-corrected chi connectivity index (χ0v) is 13.0. The lowest BCUT2D eigenvalue weighted by Crippen LogP contribution is -2.32. The molecule has 7 heteroatoms. The summed E-state index contributed by atoms with van der Waals surface area (Å²) in [5, 5.41) is 8.96. The zero-order valence-electron chi connectivity index (χ0n) is 11.4. The summed E-state index contributed by atoms with van der Waals surface area (Å²) in [6.07, 6.45) is 2.63. The standard InChI is InChI=1S/C13H18ClNO4S/c1-3-4-5-9(2)15-20(18,19)10-6-7-12(14)11(8-10)13(16)17/h6-9,15H,3-5H2,1-2H3,(H,16,17). The van der Waals surface area contributed by atoms with Crippen LogP contribution in [0.1, 0.15) is 43.5 Å². The first-order valence-electron chi connectivity index (χ1n) is 6.33. The number of aromatic carboxylic acids is 1. The lowest BCUT2D eigenvalue weighted by molar-refractivity contribution is 0.0697. The molecule has 0 amide bonds. The van der Waals surface area contributed by atoms with Gasteiger partial charge in [0.05, 0.1) is 15.5 Å². The largest absolute Gasteiger partial charge is 0.478 e. The maximum atomic E-state index is 12.1. The van der Waals surface area contributed by atoms with Crippen molar-refractivity contribution in [1.29, 1.82) is 0 Å². The lowest BCUT2D eigenvalue weighted by Gasteiger charge is -2.14. The van der Waals surface area contributed by atoms with Crippen molar-refractivity contribution >= 4 is 27.6 Å². The van der Waals surface area contributed by atoms with Gasteiger partial charge in [-0.2, -0.15) is 0 Å². The van der Waals surface area contributed by atoms with E-state index < -0.39 is 16.0 Å². The van der Waals surface area contributed by atoms with E-state index in [1.165, 1.54) is 12.1 Å². The Bertz CT molecular complexity index is 586. The summed E-state index contributed by atoms with van der Waals surface area (Å²) >= 11 is 5.72. The molecular weight excluding hydrogens is 302 g/mol. The van der Waals surface area contributed by atoms with E-state index >= 15 is 0 Å². The Kier molecular flexibility index (Phi) is 5.98. The highest BCUT2D eigenvalue weighted by molar-refractivity contribution is 7.89. The molecule has 0 fully saturated rings. The second-order valence-electron chi connectivity index (χ2n) is 4.61. The fraction of sp³-hybridized carbons (Fsp3) is 0.462. The first-order valence-corrected chi connectivity index (χ1v) is 8.19. The monoisotopic (exact) mass is 319 g/mol. The SMILES string of the molecule is CCCCC(C)NS(=O)(=O)c1ccc(Cl)c(C(=O)O)c1. The van der Waals surface area contributed by atoms with Gasteiger partial charge in [0.25, 0.3) is 0 Å². The Hall–Kier alpha value is -1.11. The fourth-order valence-corrected chi connectivity index (χ4v) is 3.24. The second-order valence-corrected chi connectivity index (χ2v) is 6.73. The Morgan fingerprint density at radius 2 is 2.10 bits per heavy atom. The summed E-state index contributed by atoms with van der Waals surface area (Å²) in [6.45, 7) is 3.81. The van der Waals surface area contributed by atoms with Crippen molar-refractivity contribution in [3.8, 4) is 0 Å². The highest BCUT2D eigenvalue weighted by Gasteiger charge is 2.20. The predicted octanol–water partition coefficient (Wildman–Crippen LogP) is 2.90. The predicted molar refractivity (Wildman–Crippen MR) is 77.7 cm³/mol. The Morgan fingerprint density at radius 3 is 2.65 bits per heavy atom. The van der Waals surface area contributed by atoms with Crippen LogP contribution in [0.25, 0.3) is 0 Å². The number of nitrogens with one attached hydrogen (secondary N) is 1. The third-order valence-electron chi connectivity index (χ3n) is 2.83. The highest BCUT2D eigenvalue weighted by atomic mass is 35.5. The molecule has 112 valence electrons. The van der Waals surface area contributed by atoms with Gasteiger partial charge in [-0.1, -0.05) is 31.4 Å².